The zero-order valence-electron chi connectivity index (χ0n) is 20.1. The Labute approximate surface area is 202 Å². The first-order chi connectivity index (χ1) is 16.4. The fourth-order valence-corrected chi connectivity index (χ4v) is 5.37. The SMILES string of the molecule is O=C(C1CCCN(C2CCN(Cc3ccccc3)CC2)C1)N1CCCCCC1.O=C(O)C(=O)O. The molecule has 3 heterocycles. The number of nitrogens with zero attached hydrogens (tertiary/aromatic N) is 3. The van der Waals surface area contributed by atoms with Crippen molar-refractivity contribution in [2.75, 3.05) is 39.3 Å². The third-order valence-corrected chi connectivity index (χ3v) is 7.23. The molecule has 8 nitrogen and oxygen atoms in total. The summed E-state index contributed by atoms with van der Waals surface area (Å²) in [5.41, 5.74) is 1.42. The summed E-state index contributed by atoms with van der Waals surface area (Å²) in [5.74, 6) is -2.95. The lowest BCUT2D eigenvalue weighted by atomic mass is 9.92. The number of benzene rings is 1. The highest BCUT2D eigenvalue weighted by molar-refractivity contribution is 6.27. The van der Waals surface area contributed by atoms with Gasteiger partial charge in [-0.2, -0.15) is 0 Å². The Bertz CT molecular complexity index is 775. The van der Waals surface area contributed by atoms with Crippen LogP contribution in [0.3, 0.4) is 0 Å². The Hall–Kier alpha value is -2.45. The Balaban J connectivity index is 0.000000481. The third-order valence-electron chi connectivity index (χ3n) is 7.23. The van der Waals surface area contributed by atoms with Crippen molar-refractivity contribution in [3.05, 3.63) is 35.9 Å². The predicted molar refractivity (Wildman–Crippen MR) is 129 cm³/mol. The van der Waals surface area contributed by atoms with Crippen LogP contribution >= 0.6 is 0 Å². The fraction of sp³-hybridized carbons (Fsp3) is 0.654. The molecular weight excluding hydrogens is 434 g/mol. The molecule has 3 aliphatic rings. The van der Waals surface area contributed by atoms with Crippen LogP contribution in [0.1, 0.15) is 56.9 Å². The van der Waals surface area contributed by atoms with Gasteiger partial charge in [-0.25, -0.2) is 9.59 Å². The molecule has 1 amide bonds. The molecule has 1 atom stereocenters. The summed E-state index contributed by atoms with van der Waals surface area (Å²) in [6.07, 6.45) is 9.76. The molecule has 0 saturated carbocycles. The van der Waals surface area contributed by atoms with Crippen molar-refractivity contribution in [2.45, 2.75) is 64.0 Å². The second-order valence-electron chi connectivity index (χ2n) is 9.68. The Morgan fingerprint density at radius 1 is 0.765 bits per heavy atom. The van der Waals surface area contributed by atoms with Crippen LogP contribution in [0, 0.1) is 5.92 Å². The van der Waals surface area contributed by atoms with E-state index in [4.69, 9.17) is 19.8 Å². The molecule has 34 heavy (non-hydrogen) atoms. The van der Waals surface area contributed by atoms with E-state index in [2.05, 4.69) is 45.0 Å². The average molecular weight is 474 g/mol. The van der Waals surface area contributed by atoms with Crippen LogP contribution in [0.25, 0.3) is 0 Å². The average Bonchev–Trinajstić information content (AvgIpc) is 3.15. The quantitative estimate of drug-likeness (QED) is 0.649. The van der Waals surface area contributed by atoms with E-state index >= 15 is 0 Å². The van der Waals surface area contributed by atoms with Gasteiger partial charge in [-0.15, -0.1) is 0 Å². The second kappa shape index (κ2) is 13.4. The maximum atomic E-state index is 13.1. The molecule has 0 aliphatic carbocycles. The summed E-state index contributed by atoms with van der Waals surface area (Å²) in [6, 6.07) is 11.5. The van der Waals surface area contributed by atoms with Crippen molar-refractivity contribution in [1.29, 1.82) is 0 Å². The van der Waals surface area contributed by atoms with Crippen molar-refractivity contribution in [1.82, 2.24) is 14.7 Å². The number of carboxylic acids is 2. The van der Waals surface area contributed by atoms with Gasteiger partial charge in [0.25, 0.3) is 0 Å². The van der Waals surface area contributed by atoms with E-state index in [0.29, 0.717) is 11.9 Å². The third kappa shape index (κ3) is 8.09. The lowest BCUT2D eigenvalue weighted by molar-refractivity contribution is -0.159. The zero-order chi connectivity index (χ0) is 24.3. The number of piperidine rings is 2. The van der Waals surface area contributed by atoms with Crippen LogP contribution < -0.4 is 0 Å². The first-order valence-electron chi connectivity index (χ1n) is 12.7. The summed E-state index contributed by atoms with van der Waals surface area (Å²) in [5, 5.41) is 14.8. The highest BCUT2D eigenvalue weighted by Gasteiger charge is 2.33. The first kappa shape index (κ1) is 26.2. The monoisotopic (exact) mass is 473 g/mol. The van der Waals surface area contributed by atoms with Crippen molar-refractivity contribution in [2.24, 2.45) is 5.92 Å². The molecular formula is C26H39N3O5. The second-order valence-corrected chi connectivity index (χ2v) is 9.68. The largest absolute Gasteiger partial charge is 0.473 e. The Morgan fingerprint density at radius 2 is 1.38 bits per heavy atom. The van der Waals surface area contributed by atoms with Crippen LogP contribution in [0.2, 0.25) is 0 Å². The van der Waals surface area contributed by atoms with Gasteiger partial charge in [0.05, 0.1) is 5.92 Å². The topological polar surface area (TPSA) is 101 Å². The molecule has 8 heteroatoms. The maximum absolute atomic E-state index is 13.1. The van der Waals surface area contributed by atoms with Crippen molar-refractivity contribution >= 4 is 17.8 Å². The molecule has 1 aromatic carbocycles. The minimum atomic E-state index is -1.82. The van der Waals surface area contributed by atoms with Gasteiger partial charge in [0.15, 0.2) is 0 Å². The van der Waals surface area contributed by atoms with E-state index < -0.39 is 11.9 Å². The van der Waals surface area contributed by atoms with Crippen molar-refractivity contribution in [3.8, 4) is 0 Å². The lowest BCUT2D eigenvalue weighted by Crippen LogP contribution is -2.51. The molecule has 0 aromatic heterocycles. The van der Waals surface area contributed by atoms with Gasteiger partial charge >= 0.3 is 11.9 Å². The van der Waals surface area contributed by atoms with E-state index in [1.807, 2.05) is 0 Å². The molecule has 1 unspecified atom stereocenters. The number of carbonyl (C=O) groups excluding carboxylic acids is 1. The standard InChI is InChI=1S/C24H37N3O.C2H2O4/c28-24(26-14-6-1-2-7-15-26)22-11-8-16-27(20-22)23-12-17-25(18-13-23)19-21-9-4-3-5-10-21;3-1(4)2(5)6/h3-5,9-10,22-23H,1-2,6-8,11-20H2;(H,3,4)(H,5,6). The summed E-state index contributed by atoms with van der Waals surface area (Å²) in [4.78, 5) is 38.7. The highest BCUT2D eigenvalue weighted by atomic mass is 16.4. The molecule has 3 fully saturated rings. The zero-order valence-corrected chi connectivity index (χ0v) is 20.1. The van der Waals surface area contributed by atoms with Crippen LogP contribution in [0.4, 0.5) is 0 Å². The Morgan fingerprint density at radius 3 is 1.97 bits per heavy atom. The smallest absolute Gasteiger partial charge is 0.414 e. The normalized spacial score (nSPS) is 22.8. The minimum Gasteiger partial charge on any atom is -0.473 e. The molecule has 0 bridgehead atoms. The van der Waals surface area contributed by atoms with Gasteiger partial charge in [0.2, 0.25) is 5.91 Å². The predicted octanol–water partition coefficient (Wildman–Crippen LogP) is 2.92. The molecule has 1 aromatic rings. The van der Waals surface area contributed by atoms with Gasteiger partial charge in [0, 0.05) is 32.2 Å². The maximum Gasteiger partial charge on any atom is 0.414 e. The first-order valence-corrected chi connectivity index (χ1v) is 12.7. The number of hydrogen-bond donors (Lipinski definition) is 2. The van der Waals surface area contributed by atoms with E-state index in [9.17, 15) is 4.79 Å². The Kier molecular flexibility index (Phi) is 10.3. The van der Waals surface area contributed by atoms with E-state index in [1.165, 1.54) is 70.1 Å². The van der Waals surface area contributed by atoms with Crippen LogP contribution in [-0.4, -0.2) is 88.1 Å². The van der Waals surface area contributed by atoms with Crippen LogP contribution in [0.5, 0.6) is 0 Å². The fourth-order valence-electron chi connectivity index (χ4n) is 5.37. The van der Waals surface area contributed by atoms with Crippen molar-refractivity contribution in [3.63, 3.8) is 0 Å². The number of likely N-dealkylation sites (tertiary alicyclic amines) is 3. The highest BCUT2D eigenvalue weighted by Crippen LogP contribution is 2.26. The van der Waals surface area contributed by atoms with E-state index in [-0.39, 0.29) is 5.92 Å². The van der Waals surface area contributed by atoms with E-state index in [1.54, 1.807) is 0 Å². The van der Waals surface area contributed by atoms with Gasteiger partial charge in [-0.3, -0.25) is 14.6 Å². The minimum absolute atomic E-state index is 0.245. The number of aliphatic carboxylic acids is 2. The van der Waals surface area contributed by atoms with E-state index in [0.717, 1.165) is 32.6 Å². The molecule has 3 aliphatic heterocycles. The molecule has 2 N–H and O–H groups in total. The molecule has 0 spiro atoms. The van der Waals surface area contributed by atoms with Crippen LogP contribution in [-0.2, 0) is 20.9 Å². The number of rotatable bonds is 4. The number of amides is 1. The number of carbonyl (C=O) groups is 3. The molecule has 0 radical (unpaired) electrons. The van der Waals surface area contributed by atoms with Crippen molar-refractivity contribution < 1.29 is 24.6 Å². The molecule has 4 rings (SSSR count). The van der Waals surface area contributed by atoms with Gasteiger partial charge in [-0.1, -0.05) is 43.2 Å². The lowest BCUT2D eigenvalue weighted by Gasteiger charge is -2.42. The summed E-state index contributed by atoms with van der Waals surface area (Å²) >= 11 is 0. The van der Waals surface area contributed by atoms with Gasteiger partial charge in [0.1, 0.15) is 0 Å². The molecule has 3 saturated heterocycles. The summed E-state index contributed by atoms with van der Waals surface area (Å²) in [6.45, 7) is 7.61. The van der Waals surface area contributed by atoms with Gasteiger partial charge in [-0.05, 0) is 63.7 Å². The van der Waals surface area contributed by atoms with Crippen LogP contribution in [0.15, 0.2) is 30.3 Å². The molecule has 188 valence electrons. The number of hydrogen-bond acceptors (Lipinski definition) is 5. The number of carboxylic acid groups (broad SMARTS) is 2. The summed E-state index contributed by atoms with van der Waals surface area (Å²) in [7, 11) is 0. The van der Waals surface area contributed by atoms with Gasteiger partial charge < -0.3 is 15.1 Å². The summed E-state index contributed by atoms with van der Waals surface area (Å²) < 4.78 is 0.